The van der Waals surface area contributed by atoms with Crippen LogP contribution in [0.2, 0.25) is 0 Å². The van der Waals surface area contributed by atoms with Crippen LogP contribution in [0.15, 0.2) is 30.3 Å². The van der Waals surface area contributed by atoms with E-state index < -0.39 is 0 Å². The average molecular weight is 314 g/mol. The average Bonchev–Trinajstić information content (AvgIpc) is 3.02. The number of para-hydroxylation sites is 1. The van der Waals surface area contributed by atoms with Gasteiger partial charge in [0.05, 0.1) is 12.1 Å². The Morgan fingerprint density at radius 2 is 2.00 bits per heavy atom. The van der Waals surface area contributed by atoms with Gasteiger partial charge >= 0.3 is 0 Å². The van der Waals surface area contributed by atoms with Crippen molar-refractivity contribution < 1.29 is 5.11 Å². The van der Waals surface area contributed by atoms with Crippen LogP contribution in [-0.4, -0.2) is 26.8 Å². The molecule has 0 radical (unpaired) electrons. The predicted molar refractivity (Wildman–Crippen MR) is 89.1 cm³/mol. The number of benzene rings is 1. The third-order valence-corrected chi connectivity index (χ3v) is 4.40. The van der Waals surface area contributed by atoms with Gasteiger partial charge in [0.2, 0.25) is 0 Å². The second-order valence-corrected chi connectivity index (χ2v) is 6.10. The number of hydrogen-bond acceptors (Lipinski definition) is 6. The van der Waals surface area contributed by atoms with E-state index >= 15 is 0 Å². The van der Waals surface area contributed by atoms with Crippen molar-refractivity contribution in [1.82, 2.24) is 15.2 Å². The molecule has 22 heavy (non-hydrogen) atoms. The molecule has 0 saturated carbocycles. The van der Waals surface area contributed by atoms with Gasteiger partial charge in [0, 0.05) is 29.7 Å². The van der Waals surface area contributed by atoms with Gasteiger partial charge in [0.25, 0.3) is 0 Å². The Morgan fingerprint density at radius 1 is 1.18 bits per heavy atom. The fourth-order valence-corrected chi connectivity index (χ4v) is 3.02. The van der Waals surface area contributed by atoms with Gasteiger partial charge in [-0.15, -0.1) is 10.2 Å². The predicted octanol–water partition coefficient (Wildman–Crippen LogP) is 2.80. The Kier molecular flexibility index (Phi) is 4.60. The summed E-state index contributed by atoms with van der Waals surface area (Å²) in [7, 11) is 0. The molecule has 2 heterocycles. The van der Waals surface area contributed by atoms with E-state index in [2.05, 4.69) is 39.6 Å². The number of pyridine rings is 1. The molecular weight excluding hydrogens is 296 g/mol. The maximum atomic E-state index is 9.02. The highest BCUT2D eigenvalue weighted by molar-refractivity contribution is 7.11. The van der Waals surface area contributed by atoms with Crippen LogP contribution < -0.4 is 5.32 Å². The number of aliphatic hydroxyl groups is 1. The summed E-state index contributed by atoms with van der Waals surface area (Å²) in [5.74, 6) is 0. The Balaban J connectivity index is 1.75. The van der Waals surface area contributed by atoms with Gasteiger partial charge in [0.15, 0.2) is 0 Å². The van der Waals surface area contributed by atoms with Crippen LogP contribution in [0.25, 0.3) is 10.9 Å². The summed E-state index contributed by atoms with van der Waals surface area (Å²) >= 11 is 1.45. The van der Waals surface area contributed by atoms with Crippen LogP contribution in [-0.2, 0) is 19.4 Å². The number of hydrogen-bond donors (Lipinski definition) is 2. The summed E-state index contributed by atoms with van der Waals surface area (Å²) in [5.41, 5.74) is 3.21. The number of aryl methyl sites for hydroxylation is 1. The number of aliphatic hydroxyl groups excluding tert-OH is 1. The van der Waals surface area contributed by atoms with Gasteiger partial charge < -0.3 is 10.4 Å². The van der Waals surface area contributed by atoms with Crippen molar-refractivity contribution in [2.75, 3.05) is 11.9 Å². The number of nitrogens with one attached hydrogen (secondary N) is 1. The van der Waals surface area contributed by atoms with Gasteiger partial charge in [-0.3, -0.25) is 4.98 Å². The van der Waals surface area contributed by atoms with Crippen molar-refractivity contribution in [1.29, 1.82) is 0 Å². The number of nitrogens with zero attached hydrogens (tertiary/aromatic N) is 3. The van der Waals surface area contributed by atoms with Gasteiger partial charge in [-0.25, -0.2) is 0 Å². The number of fused-ring (bicyclic) bond motifs is 1. The first kappa shape index (κ1) is 14.9. The minimum absolute atomic E-state index is 0.0417. The molecule has 0 spiro atoms. The summed E-state index contributed by atoms with van der Waals surface area (Å²) in [6.07, 6.45) is 1.70. The Morgan fingerprint density at radius 3 is 2.77 bits per heavy atom. The quantitative estimate of drug-likeness (QED) is 0.732. The minimum atomic E-state index is -0.0417. The number of anilines is 1. The number of aromatic nitrogens is 3. The Bertz CT molecular complexity index is 772. The summed E-state index contributed by atoms with van der Waals surface area (Å²) in [5, 5.41) is 23.2. The molecule has 2 aromatic heterocycles. The van der Waals surface area contributed by atoms with Crippen LogP contribution in [0.5, 0.6) is 0 Å². The standard InChI is InChI=1S/C16H18N4OS/c1-2-11-9-14(12-5-3-4-6-13(12)18-11)17-8-7-15-19-20-16(10-21)22-15/h3-6,9,21H,2,7-8,10H2,1H3,(H,17,18). The highest BCUT2D eigenvalue weighted by Gasteiger charge is 2.06. The van der Waals surface area contributed by atoms with E-state index in [-0.39, 0.29) is 6.61 Å². The van der Waals surface area contributed by atoms with E-state index in [1.54, 1.807) is 0 Å². The molecule has 6 heteroatoms. The molecule has 0 atom stereocenters. The highest BCUT2D eigenvalue weighted by atomic mass is 32.1. The molecule has 0 fully saturated rings. The lowest BCUT2D eigenvalue weighted by Crippen LogP contribution is -2.06. The third-order valence-electron chi connectivity index (χ3n) is 3.43. The second kappa shape index (κ2) is 6.81. The summed E-state index contributed by atoms with van der Waals surface area (Å²) < 4.78 is 0. The molecule has 3 aromatic rings. The monoisotopic (exact) mass is 314 g/mol. The molecular formula is C16H18N4OS. The van der Waals surface area contributed by atoms with Gasteiger partial charge in [-0.05, 0) is 18.6 Å². The maximum Gasteiger partial charge on any atom is 0.143 e. The molecule has 114 valence electrons. The van der Waals surface area contributed by atoms with Gasteiger partial charge in [-0.2, -0.15) is 0 Å². The first-order valence-corrected chi connectivity index (χ1v) is 8.16. The van der Waals surface area contributed by atoms with Crippen LogP contribution in [0.1, 0.15) is 22.6 Å². The van der Waals surface area contributed by atoms with E-state index in [0.717, 1.165) is 46.7 Å². The van der Waals surface area contributed by atoms with E-state index in [0.29, 0.717) is 5.01 Å². The minimum Gasteiger partial charge on any atom is -0.389 e. The molecule has 0 amide bonds. The zero-order chi connectivity index (χ0) is 15.4. The Labute approximate surface area is 133 Å². The molecule has 0 aliphatic rings. The van der Waals surface area contributed by atoms with Crippen molar-refractivity contribution in [2.24, 2.45) is 0 Å². The van der Waals surface area contributed by atoms with Gasteiger partial charge in [-0.1, -0.05) is 36.5 Å². The fourth-order valence-electron chi connectivity index (χ4n) is 2.32. The molecule has 0 unspecified atom stereocenters. The number of rotatable bonds is 6. The molecule has 0 saturated heterocycles. The summed E-state index contributed by atoms with van der Waals surface area (Å²) in [4.78, 5) is 4.65. The molecule has 2 N–H and O–H groups in total. The molecule has 1 aromatic carbocycles. The Hall–Kier alpha value is -2.05. The van der Waals surface area contributed by atoms with Crippen molar-refractivity contribution in [2.45, 2.75) is 26.4 Å². The van der Waals surface area contributed by atoms with Crippen LogP contribution in [0.4, 0.5) is 5.69 Å². The molecule has 5 nitrogen and oxygen atoms in total. The van der Waals surface area contributed by atoms with Crippen molar-refractivity contribution in [3.8, 4) is 0 Å². The first-order valence-electron chi connectivity index (χ1n) is 7.34. The largest absolute Gasteiger partial charge is 0.389 e. The third kappa shape index (κ3) is 3.23. The molecule has 3 rings (SSSR count). The zero-order valence-corrected chi connectivity index (χ0v) is 13.2. The van der Waals surface area contributed by atoms with Crippen molar-refractivity contribution >= 4 is 27.9 Å². The van der Waals surface area contributed by atoms with Crippen LogP contribution >= 0.6 is 11.3 Å². The SMILES string of the molecule is CCc1cc(NCCc2nnc(CO)s2)c2ccccc2n1. The zero-order valence-electron chi connectivity index (χ0n) is 12.4. The maximum absolute atomic E-state index is 9.02. The van der Waals surface area contributed by atoms with Crippen LogP contribution in [0.3, 0.4) is 0 Å². The van der Waals surface area contributed by atoms with E-state index in [4.69, 9.17) is 5.11 Å². The summed E-state index contributed by atoms with van der Waals surface area (Å²) in [6.45, 7) is 2.84. The van der Waals surface area contributed by atoms with Crippen LogP contribution in [0, 0.1) is 0 Å². The lowest BCUT2D eigenvalue weighted by atomic mass is 10.1. The molecule has 0 aliphatic heterocycles. The second-order valence-electron chi connectivity index (χ2n) is 4.96. The molecule has 0 bridgehead atoms. The lowest BCUT2D eigenvalue weighted by Gasteiger charge is -2.10. The lowest BCUT2D eigenvalue weighted by molar-refractivity contribution is 0.280. The van der Waals surface area contributed by atoms with Crippen molar-refractivity contribution in [3.63, 3.8) is 0 Å². The fraction of sp³-hybridized carbons (Fsp3) is 0.312. The normalized spacial score (nSPS) is 11.0. The van der Waals surface area contributed by atoms with E-state index in [1.165, 1.54) is 11.3 Å². The highest BCUT2D eigenvalue weighted by Crippen LogP contribution is 2.23. The topological polar surface area (TPSA) is 70.9 Å². The van der Waals surface area contributed by atoms with E-state index in [1.807, 2.05) is 18.2 Å². The molecule has 0 aliphatic carbocycles. The summed E-state index contributed by atoms with van der Waals surface area (Å²) in [6, 6.07) is 10.3. The van der Waals surface area contributed by atoms with Crippen molar-refractivity contribution in [3.05, 3.63) is 46.0 Å². The van der Waals surface area contributed by atoms with Gasteiger partial charge in [0.1, 0.15) is 10.0 Å². The van der Waals surface area contributed by atoms with E-state index in [9.17, 15) is 0 Å². The smallest absolute Gasteiger partial charge is 0.143 e. The first-order chi connectivity index (χ1) is 10.8.